The lowest BCUT2D eigenvalue weighted by Gasteiger charge is -2.38. The molecule has 1 aliphatic rings. The van der Waals surface area contributed by atoms with Crippen LogP contribution in [0.4, 0.5) is 0 Å². The third-order valence-electron chi connectivity index (χ3n) is 11.8. The van der Waals surface area contributed by atoms with Crippen molar-refractivity contribution in [2.75, 3.05) is 13.2 Å². The monoisotopic (exact) mass is 943 g/mol. The van der Waals surface area contributed by atoms with Crippen molar-refractivity contribution >= 4 is 17.9 Å². The van der Waals surface area contributed by atoms with Gasteiger partial charge in [0.2, 0.25) is 0 Å². The second kappa shape index (κ2) is 45.1. The van der Waals surface area contributed by atoms with Gasteiger partial charge in [-0.3, -0.25) is 9.59 Å². The van der Waals surface area contributed by atoms with Gasteiger partial charge in [-0.1, -0.05) is 189 Å². The van der Waals surface area contributed by atoms with E-state index in [0.29, 0.717) is 12.8 Å². The number of rotatable bonds is 44. The minimum Gasteiger partial charge on any atom is -0.479 e. The Bertz CT molecular complexity index is 1380. The zero-order chi connectivity index (χ0) is 48.8. The molecule has 384 valence electrons. The summed E-state index contributed by atoms with van der Waals surface area (Å²) >= 11 is 0. The van der Waals surface area contributed by atoms with Crippen LogP contribution < -0.4 is 0 Å². The molecule has 0 saturated carbocycles. The maximum atomic E-state index is 12.8. The predicted molar refractivity (Wildman–Crippen MR) is 270 cm³/mol. The molecule has 4 N–H and O–H groups in total. The predicted octanol–water partition coefficient (Wildman–Crippen LogP) is 12.8. The Balaban J connectivity index is 2.29. The molecular formula is C56H94O11. The Kier molecular flexibility index (Phi) is 41.5. The Labute approximate surface area is 406 Å². The molecule has 11 nitrogen and oxygen atoms in total. The number of esters is 2. The van der Waals surface area contributed by atoms with Crippen molar-refractivity contribution in [2.45, 2.75) is 250 Å². The average Bonchev–Trinajstić information content (AvgIpc) is 3.31. The van der Waals surface area contributed by atoms with Crippen LogP contribution in [0.1, 0.15) is 213 Å². The number of hydrogen-bond donors (Lipinski definition) is 4. The molecule has 0 aromatic heterocycles. The number of carbonyl (C=O) groups excluding carboxylic acids is 2. The molecule has 0 bridgehead atoms. The van der Waals surface area contributed by atoms with Crippen LogP contribution >= 0.6 is 0 Å². The number of carboxylic acid groups (broad SMARTS) is 1. The van der Waals surface area contributed by atoms with Crippen LogP contribution in [0.25, 0.3) is 0 Å². The smallest absolute Gasteiger partial charge is 0.335 e. The fourth-order valence-electron chi connectivity index (χ4n) is 7.67. The molecule has 0 aromatic carbocycles. The van der Waals surface area contributed by atoms with E-state index in [1.54, 1.807) is 0 Å². The van der Waals surface area contributed by atoms with Gasteiger partial charge in [-0.25, -0.2) is 4.79 Å². The molecule has 1 rings (SSSR count). The summed E-state index contributed by atoms with van der Waals surface area (Å²) in [6, 6.07) is 0. The van der Waals surface area contributed by atoms with Crippen LogP contribution in [0.15, 0.2) is 72.9 Å². The van der Waals surface area contributed by atoms with Crippen LogP contribution in [-0.2, 0) is 33.3 Å². The fourth-order valence-corrected chi connectivity index (χ4v) is 7.67. The Morgan fingerprint density at radius 1 is 0.478 bits per heavy atom. The van der Waals surface area contributed by atoms with E-state index in [1.807, 2.05) is 0 Å². The van der Waals surface area contributed by atoms with Gasteiger partial charge in [0.25, 0.3) is 0 Å². The highest BCUT2D eigenvalue weighted by molar-refractivity contribution is 5.73. The van der Waals surface area contributed by atoms with Crippen molar-refractivity contribution in [2.24, 2.45) is 0 Å². The SMILES string of the molecule is CC/C=C\C/C=C\C/C=C\C/C=C\CCCCCCCCCCCCC(=O)OCC(COC1OC(C(=O)O)C(O)C(O)C1O)OC(=O)CCCCCCCCC/C=C\C/C=C\CCCCCC. The first-order chi connectivity index (χ1) is 32.7. The lowest BCUT2D eigenvalue weighted by atomic mass is 9.99. The quantitative estimate of drug-likeness (QED) is 0.0260. The molecule has 0 radical (unpaired) electrons. The lowest BCUT2D eigenvalue weighted by Crippen LogP contribution is -2.60. The summed E-state index contributed by atoms with van der Waals surface area (Å²) in [5, 5.41) is 40.0. The van der Waals surface area contributed by atoms with Crippen LogP contribution in [0.3, 0.4) is 0 Å². The number of carboxylic acids is 1. The number of carbonyl (C=O) groups is 3. The van der Waals surface area contributed by atoms with Crippen molar-refractivity contribution in [1.29, 1.82) is 0 Å². The van der Waals surface area contributed by atoms with E-state index < -0.39 is 61.3 Å². The van der Waals surface area contributed by atoms with E-state index in [9.17, 15) is 34.8 Å². The highest BCUT2D eigenvalue weighted by Crippen LogP contribution is 2.23. The minimum atomic E-state index is -1.87. The number of unbranched alkanes of at least 4 members (excludes halogenated alkanes) is 21. The van der Waals surface area contributed by atoms with Crippen LogP contribution in [-0.4, -0.2) is 88.4 Å². The highest BCUT2D eigenvalue weighted by atomic mass is 16.7. The van der Waals surface area contributed by atoms with Gasteiger partial charge in [0, 0.05) is 12.8 Å². The Morgan fingerprint density at radius 3 is 1.33 bits per heavy atom. The van der Waals surface area contributed by atoms with E-state index in [-0.39, 0.29) is 19.4 Å². The first kappa shape index (κ1) is 61.7. The number of allylic oxidation sites excluding steroid dienone is 12. The van der Waals surface area contributed by atoms with Gasteiger partial charge in [0.1, 0.15) is 24.9 Å². The molecule has 0 spiro atoms. The van der Waals surface area contributed by atoms with Gasteiger partial charge in [-0.05, 0) is 83.5 Å². The van der Waals surface area contributed by atoms with Gasteiger partial charge in [-0.2, -0.15) is 0 Å². The Hall–Kier alpha value is -3.35. The zero-order valence-electron chi connectivity index (χ0n) is 41.9. The molecule has 1 aliphatic heterocycles. The molecule has 11 heteroatoms. The molecule has 1 fully saturated rings. The van der Waals surface area contributed by atoms with Gasteiger partial charge in [-0.15, -0.1) is 0 Å². The van der Waals surface area contributed by atoms with Crippen molar-refractivity contribution in [1.82, 2.24) is 0 Å². The van der Waals surface area contributed by atoms with Gasteiger partial charge >= 0.3 is 17.9 Å². The molecule has 6 unspecified atom stereocenters. The van der Waals surface area contributed by atoms with Crippen molar-refractivity contribution < 1.29 is 53.8 Å². The van der Waals surface area contributed by atoms with E-state index in [1.165, 1.54) is 83.5 Å². The average molecular weight is 943 g/mol. The third kappa shape index (κ3) is 36.3. The molecule has 67 heavy (non-hydrogen) atoms. The summed E-state index contributed by atoms with van der Waals surface area (Å²) in [5.41, 5.74) is 0. The van der Waals surface area contributed by atoms with Crippen LogP contribution in [0.5, 0.6) is 0 Å². The maximum absolute atomic E-state index is 12.8. The van der Waals surface area contributed by atoms with Gasteiger partial charge in [0.05, 0.1) is 6.61 Å². The van der Waals surface area contributed by atoms with Crippen LogP contribution in [0.2, 0.25) is 0 Å². The lowest BCUT2D eigenvalue weighted by molar-refractivity contribution is -0.298. The standard InChI is InChI=1S/C56H94O11/c1-3-5-7-9-11-13-15-17-19-21-23-24-25-26-27-29-30-32-34-36-38-40-42-44-49(57)64-46-48(47-65-56-53(61)51(59)52(60)54(67-56)55(62)63)66-50(58)45-43-41-39-37-35-33-31-28-22-20-18-16-14-12-10-8-6-4-2/h5,7,11,13-14,16-17,19-20,22-24,48,51-54,56,59-61H,3-4,6,8-10,12,15,18,21,25-47H2,1-2H3,(H,62,63)/b7-5-,13-11-,16-14-,19-17-,22-20-,24-23-. The summed E-state index contributed by atoms with van der Waals surface area (Å²) in [7, 11) is 0. The first-order valence-corrected chi connectivity index (χ1v) is 26.5. The number of hydrogen-bond acceptors (Lipinski definition) is 10. The summed E-state index contributed by atoms with van der Waals surface area (Å²) in [5.74, 6) is -2.46. The number of ether oxygens (including phenoxy) is 4. The van der Waals surface area contributed by atoms with E-state index in [2.05, 4.69) is 86.8 Å². The number of aliphatic carboxylic acids is 1. The fraction of sp³-hybridized carbons (Fsp3) is 0.732. The molecule has 1 heterocycles. The maximum Gasteiger partial charge on any atom is 0.335 e. The minimum absolute atomic E-state index is 0.170. The van der Waals surface area contributed by atoms with E-state index in [4.69, 9.17) is 18.9 Å². The first-order valence-electron chi connectivity index (χ1n) is 26.5. The summed E-state index contributed by atoms with van der Waals surface area (Å²) in [6.07, 6.45) is 49.4. The van der Waals surface area contributed by atoms with E-state index >= 15 is 0 Å². The summed E-state index contributed by atoms with van der Waals surface area (Å²) in [4.78, 5) is 37.0. The number of aliphatic hydroxyl groups is 3. The molecule has 0 aliphatic carbocycles. The normalized spacial score (nSPS) is 19.6. The van der Waals surface area contributed by atoms with Gasteiger partial charge in [0.15, 0.2) is 18.5 Å². The highest BCUT2D eigenvalue weighted by Gasteiger charge is 2.47. The van der Waals surface area contributed by atoms with Crippen LogP contribution in [0, 0.1) is 0 Å². The van der Waals surface area contributed by atoms with Crippen molar-refractivity contribution in [3.63, 3.8) is 0 Å². The molecule has 6 atom stereocenters. The van der Waals surface area contributed by atoms with Crippen molar-refractivity contribution in [3.05, 3.63) is 72.9 Å². The van der Waals surface area contributed by atoms with E-state index in [0.717, 1.165) is 89.9 Å². The van der Waals surface area contributed by atoms with Crippen molar-refractivity contribution in [3.8, 4) is 0 Å². The molecule has 0 aromatic rings. The topological polar surface area (TPSA) is 169 Å². The molecule has 1 saturated heterocycles. The summed E-state index contributed by atoms with van der Waals surface area (Å²) < 4.78 is 21.8. The summed E-state index contributed by atoms with van der Waals surface area (Å²) in [6.45, 7) is 3.69. The Morgan fingerprint density at radius 2 is 0.881 bits per heavy atom. The zero-order valence-corrected chi connectivity index (χ0v) is 41.9. The molecular weight excluding hydrogens is 849 g/mol. The van der Waals surface area contributed by atoms with Gasteiger partial charge < -0.3 is 39.4 Å². The third-order valence-corrected chi connectivity index (χ3v) is 11.8. The number of aliphatic hydroxyl groups excluding tert-OH is 3. The second-order valence-electron chi connectivity index (χ2n) is 18.0. The second-order valence-corrected chi connectivity index (χ2v) is 18.0. The molecule has 0 amide bonds. The largest absolute Gasteiger partial charge is 0.479 e.